The predicted octanol–water partition coefficient (Wildman–Crippen LogP) is 4.68. The number of rotatable bonds is 4. The summed E-state index contributed by atoms with van der Waals surface area (Å²) in [7, 11) is 0. The second kappa shape index (κ2) is 7.35. The Kier molecular flexibility index (Phi) is 4.82. The number of ether oxygens (including phenoxy) is 1. The molecule has 10 heteroatoms. The highest BCUT2D eigenvalue weighted by molar-refractivity contribution is 9.10. The molecule has 0 aliphatic carbocycles. The number of aryl methyl sites for hydroxylation is 1. The third-order valence-electron chi connectivity index (χ3n) is 5.89. The fourth-order valence-electron chi connectivity index (χ4n) is 4.07. The average Bonchev–Trinajstić information content (AvgIpc) is 3.26. The van der Waals surface area contributed by atoms with E-state index in [0.29, 0.717) is 25.3 Å². The zero-order chi connectivity index (χ0) is 22.7. The van der Waals surface area contributed by atoms with E-state index in [1.807, 2.05) is 19.1 Å². The molecule has 5 rings (SSSR count). The number of alkyl halides is 3. The summed E-state index contributed by atoms with van der Waals surface area (Å²) in [5.41, 5.74) is 1.13. The van der Waals surface area contributed by atoms with E-state index in [-0.39, 0.29) is 15.4 Å². The first-order chi connectivity index (χ1) is 15.2. The molecule has 1 aliphatic rings. The van der Waals surface area contributed by atoms with E-state index < -0.39 is 17.4 Å². The fourth-order valence-corrected chi connectivity index (χ4v) is 4.51. The maximum absolute atomic E-state index is 13.6. The number of fused-ring (bicyclic) bond motifs is 1. The van der Waals surface area contributed by atoms with Crippen LogP contribution in [0.1, 0.15) is 22.4 Å². The molecule has 6 nitrogen and oxygen atoms in total. The van der Waals surface area contributed by atoms with Crippen molar-refractivity contribution >= 4 is 21.4 Å². The van der Waals surface area contributed by atoms with E-state index in [1.54, 1.807) is 18.4 Å². The maximum Gasteiger partial charge on any atom is 0.418 e. The van der Waals surface area contributed by atoms with Crippen molar-refractivity contribution in [3.8, 4) is 5.69 Å². The monoisotopic (exact) mass is 507 g/mol. The molecule has 3 aromatic heterocycles. The van der Waals surface area contributed by atoms with Crippen LogP contribution in [0.4, 0.5) is 13.2 Å². The van der Waals surface area contributed by atoms with Crippen molar-refractivity contribution < 1.29 is 22.4 Å². The number of nitrogens with zero attached hydrogens (tertiary/aromatic N) is 3. The van der Waals surface area contributed by atoms with Gasteiger partial charge in [0, 0.05) is 34.3 Å². The molecule has 0 unspecified atom stereocenters. The smallest absolute Gasteiger partial charge is 0.379 e. The molecular formula is C22H17BrF3N3O3. The molecule has 1 aliphatic heterocycles. The lowest BCUT2D eigenvalue weighted by Crippen LogP contribution is -2.48. The highest BCUT2D eigenvalue weighted by Crippen LogP contribution is 2.38. The van der Waals surface area contributed by atoms with Crippen molar-refractivity contribution in [3.05, 3.63) is 86.3 Å². The van der Waals surface area contributed by atoms with E-state index in [4.69, 9.17) is 9.26 Å². The van der Waals surface area contributed by atoms with E-state index in [1.165, 1.54) is 17.0 Å². The van der Waals surface area contributed by atoms with Crippen molar-refractivity contribution in [2.75, 3.05) is 13.2 Å². The lowest BCUT2D eigenvalue weighted by Gasteiger charge is -2.42. The SMILES string of the molecule is Cc1conc1CC1(c2cccc(-n3cc4c(C(F)(F)F)cc(Br)cn4c3=O)c2)COC1. The van der Waals surface area contributed by atoms with Crippen LogP contribution in [0.15, 0.2) is 62.8 Å². The first-order valence-electron chi connectivity index (χ1n) is 9.77. The molecule has 0 N–H and O–H groups in total. The number of hydrogen-bond acceptors (Lipinski definition) is 4. The summed E-state index contributed by atoms with van der Waals surface area (Å²) in [5.74, 6) is 0. The standard InChI is InChI=1S/C22H17BrF3N3O3/c1-13-10-32-27-18(13)7-21(11-31-12-21)14-3-2-4-16(5-14)28-9-19-17(22(24,25)26)6-15(23)8-29(19)20(28)30/h2-6,8-10H,7,11-12H2,1H3. The summed E-state index contributed by atoms with van der Waals surface area (Å²) in [6.07, 6.45) is 0.140. The van der Waals surface area contributed by atoms with Gasteiger partial charge < -0.3 is 9.26 Å². The van der Waals surface area contributed by atoms with Crippen LogP contribution in [-0.4, -0.2) is 27.3 Å². The molecule has 1 saturated heterocycles. The molecule has 32 heavy (non-hydrogen) atoms. The molecule has 0 saturated carbocycles. The Morgan fingerprint density at radius 2 is 2.00 bits per heavy atom. The van der Waals surface area contributed by atoms with Crippen molar-refractivity contribution in [1.29, 1.82) is 0 Å². The molecular weight excluding hydrogens is 491 g/mol. The molecule has 1 fully saturated rings. The summed E-state index contributed by atoms with van der Waals surface area (Å²) in [6, 6.07) is 8.20. The van der Waals surface area contributed by atoms with Crippen LogP contribution in [-0.2, 0) is 22.7 Å². The minimum Gasteiger partial charge on any atom is -0.379 e. The van der Waals surface area contributed by atoms with Crippen molar-refractivity contribution in [3.63, 3.8) is 0 Å². The van der Waals surface area contributed by atoms with Gasteiger partial charge in [-0.25, -0.2) is 4.79 Å². The Morgan fingerprint density at radius 3 is 2.62 bits per heavy atom. The summed E-state index contributed by atoms with van der Waals surface area (Å²) in [5, 5.41) is 4.07. The van der Waals surface area contributed by atoms with Gasteiger partial charge in [0.2, 0.25) is 0 Å². The molecule has 0 amide bonds. The lowest BCUT2D eigenvalue weighted by molar-refractivity contribution is -0.136. The number of imidazole rings is 1. The molecule has 4 aromatic rings. The van der Waals surface area contributed by atoms with Crippen molar-refractivity contribution in [2.45, 2.75) is 24.9 Å². The van der Waals surface area contributed by atoms with Gasteiger partial charge in [0.15, 0.2) is 0 Å². The minimum absolute atomic E-state index is 0.166. The average molecular weight is 508 g/mol. The van der Waals surface area contributed by atoms with Gasteiger partial charge in [-0.15, -0.1) is 0 Å². The number of aromatic nitrogens is 3. The normalized spacial score (nSPS) is 15.8. The summed E-state index contributed by atoms with van der Waals surface area (Å²) in [6.45, 7) is 2.86. The van der Waals surface area contributed by atoms with Gasteiger partial charge in [-0.05, 0) is 46.6 Å². The Morgan fingerprint density at radius 1 is 1.22 bits per heavy atom. The fraction of sp³-hybridized carbons (Fsp3) is 0.273. The number of halogens is 4. The first kappa shape index (κ1) is 21.0. The lowest BCUT2D eigenvalue weighted by atomic mass is 9.74. The second-order valence-corrected chi connectivity index (χ2v) is 8.97. The summed E-state index contributed by atoms with van der Waals surface area (Å²) >= 11 is 3.07. The van der Waals surface area contributed by atoms with Crippen LogP contribution >= 0.6 is 15.9 Å². The highest BCUT2D eigenvalue weighted by Gasteiger charge is 2.42. The van der Waals surface area contributed by atoms with Crippen LogP contribution < -0.4 is 5.69 Å². The number of benzene rings is 1. The summed E-state index contributed by atoms with van der Waals surface area (Å²) in [4.78, 5) is 13.0. The Bertz CT molecular complexity index is 1380. The quantitative estimate of drug-likeness (QED) is 0.402. The van der Waals surface area contributed by atoms with Crippen LogP contribution in [0.25, 0.3) is 11.2 Å². The Hall–Kier alpha value is -2.85. The van der Waals surface area contributed by atoms with Gasteiger partial charge in [-0.1, -0.05) is 17.3 Å². The molecule has 0 bridgehead atoms. The third kappa shape index (κ3) is 3.38. The number of hydrogen-bond donors (Lipinski definition) is 0. The number of pyridine rings is 1. The van der Waals surface area contributed by atoms with Crippen LogP contribution in [0.5, 0.6) is 0 Å². The Labute approximate surface area is 188 Å². The van der Waals surface area contributed by atoms with E-state index in [0.717, 1.165) is 27.3 Å². The van der Waals surface area contributed by atoms with Crippen LogP contribution in [0.3, 0.4) is 0 Å². The maximum atomic E-state index is 13.6. The zero-order valence-corrected chi connectivity index (χ0v) is 18.4. The van der Waals surface area contributed by atoms with Gasteiger partial charge in [0.1, 0.15) is 6.26 Å². The molecule has 1 aromatic carbocycles. The molecule has 0 atom stereocenters. The van der Waals surface area contributed by atoms with Gasteiger partial charge >= 0.3 is 11.9 Å². The summed E-state index contributed by atoms with van der Waals surface area (Å²) < 4.78 is 53.6. The van der Waals surface area contributed by atoms with Crippen LogP contribution in [0.2, 0.25) is 0 Å². The van der Waals surface area contributed by atoms with Crippen LogP contribution in [0, 0.1) is 6.92 Å². The largest absolute Gasteiger partial charge is 0.418 e. The Balaban J connectivity index is 1.61. The minimum atomic E-state index is -4.60. The van der Waals surface area contributed by atoms with E-state index >= 15 is 0 Å². The first-order valence-corrected chi connectivity index (χ1v) is 10.6. The second-order valence-electron chi connectivity index (χ2n) is 8.05. The highest BCUT2D eigenvalue weighted by atomic mass is 79.9. The predicted molar refractivity (Wildman–Crippen MR) is 113 cm³/mol. The van der Waals surface area contributed by atoms with Gasteiger partial charge in [0.25, 0.3) is 0 Å². The van der Waals surface area contributed by atoms with Crippen molar-refractivity contribution in [1.82, 2.24) is 14.1 Å². The molecule has 0 spiro atoms. The van der Waals surface area contributed by atoms with Gasteiger partial charge in [-0.2, -0.15) is 13.2 Å². The van der Waals surface area contributed by atoms with E-state index in [9.17, 15) is 18.0 Å². The molecule has 166 valence electrons. The molecule has 0 radical (unpaired) electrons. The van der Waals surface area contributed by atoms with Crippen molar-refractivity contribution in [2.24, 2.45) is 0 Å². The molecule has 4 heterocycles. The zero-order valence-electron chi connectivity index (χ0n) is 16.8. The van der Waals surface area contributed by atoms with E-state index in [2.05, 4.69) is 21.1 Å². The third-order valence-corrected chi connectivity index (χ3v) is 6.32. The van der Waals surface area contributed by atoms with Gasteiger partial charge in [0.05, 0.1) is 35.7 Å². The topological polar surface area (TPSA) is 61.7 Å². The van der Waals surface area contributed by atoms with Gasteiger partial charge in [-0.3, -0.25) is 8.97 Å².